The van der Waals surface area contributed by atoms with Gasteiger partial charge in [0, 0.05) is 7.11 Å². The van der Waals surface area contributed by atoms with Crippen LogP contribution in [0.5, 0.6) is 0 Å². The minimum absolute atomic E-state index is 0.179. The lowest BCUT2D eigenvalue weighted by Gasteiger charge is -2.24. The highest BCUT2D eigenvalue weighted by atomic mass is 32.2. The summed E-state index contributed by atoms with van der Waals surface area (Å²) in [4.78, 5) is 10.5. The molecule has 0 aliphatic carbocycles. The van der Waals surface area contributed by atoms with Gasteiger partial charge in [0.2, 0.25) is 10.0 Å². The topological polar surface area (TPSA) is 92.7 Å². The maximum Gasteiger partial charge on any atom is 0.347 e. The van der Waals surface area contributed by atoms with Crippen LogP contribution in [0.15, 0.2) is 16.3 Å². The quantitative estimate of drug-likeness (QED) is 0.820. The molecule has 1 rings (SSSR count). The lowest BCUT2D eigenvalue weighted by molar-refractivity contribution is 0.0698. The molecular weight excluding hydrogens is 278 g/mol. The monoisotopic (exact) mass is 293 g/mol. The SMILES string of the molecule is COCC(C)(C)NS(=O)(=O)c1ccsc1C(=O)O. The molecule has 0 aromatic carbocycles. The van der Waals surface area contributed by atoms with Crippen LogP contribution in [0.1, 0.15) is 23.5 Å². The molecule has 0 fully saturated rings. The number of rotatable bonds is 6. The van der Waals surface area contributed by atoms with E-state index in [0.29, 0.717) is 0 Å². The van der Waals surface area contributed by atoms with Crippen molar-refractivity contribution in [1.82, 2.24) is 4.72 Å². The first kappa shape index (κ1) is 15.1. The zero-order chi connectivity index (χ0) is 14.0. The minimum atomic E-state index is -3.87. The summed E-state index contributed by atoms with van der Waals surface area (Å²) >= 11 is 0.874. The number of ether oxygens (including phenoxy) is 1. The molecule has 2 N–H and O–H groups in total. The summed E-state index contributed by atoms with van der Waals surface area (Å²) in [5.41, 5.74) is -0.814. The molecule has 0 aliphatic heterocycles. The van der Waals surface area contributed by atoms with Gasteiger partial charge < -0.3 is 9.84 Å². The Morgan fingerprint density at radius 3 is 2.67 bits per heavy atom. The van der Waals surface area contributed by atoms with Crippen LogP contribution >= 0.6 is 11.3 Å². The Morgan fingerprint density at radius 1 is 1.56 bits per heavy atom. The van der Waals surface area contributed by atoms with E-state index in [-0.39, 0.29) is 16.4 Å². The lowest BCUT2D eigenvalue weighted by Crippen LogP contribution is -2.46. The number of aromatic carboxylic acids is 1. The zero-order valence-corrected chi connectivity index (χ0v) is 11.9. The van der Waals surface area contributed by atoms with Crippen LogP contribution in [-0.4, -0.2) is 38.7 Å². The molecule has 1 aromatic heterocycles. The van der Waals surface area contributed by atoms with Gasteiger partial charge in [-0.1, -0.05) is 0 Å². The Morgan fingerprint density at radius 2 is 2.17 bits per heavy atom. The van der Waals surface area contributed by atoms with E-state index in [1.54, 1.807) is 13.8 Å². The number of thiophene rings is 1. The van der Waals surface area contributed by atoms with Crippen LogP contribution in [0.2, 0.25) is 0 Å². The van der Waals surface area contributed by atoms with E-state index in [0.717, 1.165) is 11.3 Å². The van der Waals surface area contributed by atoms with Gasteiger partial charge in [-0.2, -0.15) is 0 Å². The van der Waals surface area contributed by atoms with Crippen molar-refractivity contribution in [3.05, 3.63) is 16.3 Å². The van der Waals surface area contributed by atoms with Gasteiger partial charge in [0.05, 0.1) is 12.1 Å². The fourth-order valence-corrected chi connectivity index (χ4v) is 4.13. The van der Waals surface area contributed by atoms with Crippen LogP contribution < -0.4 is 4.72 Å². The lowest BCUT2D eigenvalue weighted by atomic mass is 10.1. The fourth-order valence-electron chi connectivity index (χ4n) is 1.47. The Balaban J connectivity index is 3.07. The highest BCUT2D eigenvalue weighted by Gasteiger charge is 2.30. The summed E-state index contributed by atoms with van der Waals surface area (Å²) in [5, 5.41) is 10.3. The van der Waals surface area contributed by atoms with Gasteiger partial charge in [0.1, 0.15) is 9.77 Å². The van der Waals surface area contributed by atoms with Crippen molar-refractivity contribution in [2.24, 2.45) is 0 Å². The van der Waals surface area contributed by atoms with E-state index in [1.807, 2.05) is 0 Å². The van der Waals surface area contributed by atoms with Gasteiger partial charge in [0.15, 0.2) is 0 Å². The number of hydrogen-bond donors (Lipinski definition) is 2. The molecule has 0 saturated carbocycles. The summed E-state index contributed by atoms with van der Waals surface area (Å²) in [6.07, 6.45) is 0. The highest BCUT2D eigenvalue weighted by molar-refractivity contribution is 7.89. The molecule has 0 bridgehead atoms. The van der Waals surface area contributed by atoms with Gasteiger partial charge >= 0.3 is 5.97 Å². The summed E-state index contributed by atoms with van der Waals surface area (Å²) in [6, 6.07) is 1.28. The predicted molar refractivity (Wildman–Crippen MR) is 67.6 cm³/mol. The maximum absolute atomic E-state index is 12.1. The molecule has 0 radical (unpaired) electrons. The molecule has 102 valence electrons. The van der Waals surface area contributed by atoms with Crippen LogP contribution in [0.3, 0.4) is 0 Å². The average molecular weight is 293 g/mol. The van der Waals surface area contributed by atoms with E-state index in [9.17, 15) is 13.2 Å². The van der Waals surface area contributed by atoms with Gasteiger partial charge in [-0.25, -0.2) is 17.9 Å². The third kappa shape index (κ3) is 3.52. The standard InChI is InChI=1S/C10H15NO5S2/c1-10(2,6-16-3)11-18(14,15)7-4-5-17-8(7)9(12)13/h4-5,11H,6H2,1-3H3,(H,12,13). The molecule has 6 nitrogen and oxygen atoms in total. The van der Waals surface area contributed by atoms with Crippen LogP contribution in [0.4, 0.5) is 0 Å². The Hall–Kier alpha value is -0.960. The third-order valence-corrected chi connectivity index (χ3v) is 4.80. The fraction of sp³-hybridized carbons (Fsp3) is 0.500. The number of nitrogens with one attached hydrogen (secondary N) is 1. The first-order valence-electron chi connectivity index (χ1n) is 5.03. The second-order valence-electron chi connectivity index (χ2n) is 4.34. The second-order valence-corrected chi connectivity index (χ2v) is 6.91. The van der Waals surface area contributed by atoms with Crippen LogP contribution in [-0.2, 0) is 14.8 Å². The van der Waals surface area contributed by atoms with Crippen molar-refractivity contribution in [3.8, 4) is 0 Å². The molecular formula is C10H15NO5S2. The molecule has 0 unspecified atom stereocenters. The molecule has 1 aromatic rings. The Kier molecular flexibility index (Phi) is 4.49. The maximum atomic E-state index is 12.1. The van der Waals surface area contributed by atoms with Crippen molar-refractivity contribution >= 4 is 27.3 Å². The third-order valence-electron chi connectivity index (χ3n) is 2.03. The minimum Gasteiger partial charge on any atom is -0.477 e. The van der Waals surface area contributed by atoms with Gasteiger partial charge in [0.25, 0.3) is 0 Å². The van der Waals surface area contributed by atoms with Crippen molar-refractivity contribution in [2.45, 2.75) is 24.3 Å². The first-order chi connectivity index (χ1) is 8.19. The van der Waals surface area contributed by atoms with E-state index >= 15 is 0 Å². The number of hydrogen-bond acceptors (Lipinski definition) is 5. The molecule has 0 aliphatic rings. The summed E-state index contributed by atoms with van der Waals surface area (Å²) in [7, 11) is -2.41. The number of methoxy groups -OCH3 is 1. The largest absolute Gasteiger partial charge is 0.477 e. The van der Waals surface area contributed by atoms with Gasteiger partial charge in [-0.15, -0.1) is 11.3 Å². The Bertz CT molecular complexity index is 532. The number of carboxylic acids is 1. The smallest absolute Gasteiger partial charge is 0.347 e. The highest BCUT2D eigenvalue weighted by Crippen LogP contribution is 2.23. The molecule has 1 heterocycles. The predicted octanol–water partition coefficient (Wildman–Crippen LogP) is 1.15. The van der Waals surface area contributed by atoms with Crippen molar-refractivity contribution < 1.29 is 23.1 Å². The van der Waals surface area contributed by atoms with Crippen molar-refractivity contribution in [2.75, 3.05) is 13.7 Å². The van der Waals surface area contributed by atoms with E-state index < -0.39 is 21.5 Å². The second kappa shape index (κ2) is 5.35. The summed E-state index contributed by atoms with van der Waals surface area (Å²) in [6.45, 7) is 3.49. The van der Waals surface area contributed by atoms with Gasteiger partial charge in [-0.05, 0) is 25.3 Å². The molecule has 18 heavy (non-hydrogen) atoms. The molecule has 0 amide bonds. The summed E-state index contributed by atoms with van der Waals surface area (Å²) in [5.74, 6) is -1.25. The number of carbonyl (C=O) groups is 1. The van der Waals surface area contributed by atoms with Crippen LogP contribution in [0, 0.1) is 0 Å². The average Bonchev–Trinajstić information content (AvgIpc) is 2.63. The molecule has 8 heteroatoms. The number of sulfonamides is 1. The normalized spacial score (nSPS) is 12.6. The van der Waals surface area contributed by atoms with E-state index in [4.69, 9.17) is 9.84 Å². The van der Waals surface area contributed by atoms with Crippen LogP contribution in [0.25, 0.3) is 0 Å². The Labute approximate surface area is 110 Å². The van der Waals surface area contributed by atoms with Crippen molar-refractivity contribution in [1.29, 1.82) is 0 Å². The molecule has 0 saturated heterocycles. The zero-order valence-electron chi connectivity index (χ0n) is 10.3. The summed E-state index contributed by atoms with van der Waals surface area (Å²) < 4.78 is 31.5. The van der Waals surface area contributed by atoms with Crippen molar-refractivity contribution in [3.63, 3.8) is 0 Å². The van der Waals surface area contributed by atoms with E-state index in [1.165, 1.54) is 18.6 Å². The number of carboxylic acid groups (broad SMARTS) is 1. The first-order valence-corrected chi connectivity index (χ1v) is 7.39. The molecule has 0 spiro atoms. The van der Waals surface area contributed by atoms with E-state index in [2.05, 4.69) is 4.72 Å². The van der Waals surface area contributed by atoms with Gasteiger partial charge in [-0.3, -0.25) is 0 Å². The molecule has 0 atom stereocenters.